The van der Waals surface area contributed by atoms with Crippen LogP contribution in [-0.4, -0.2) is 19.3 Å². The molecular formula is C34H44F2O2. The van der Waals surface area contributed by atoms with Crippen LogP contribution in [0.5, 0.6) is 5.75 Å². The first-order valence-electron chi connectivity index (χ1n) is 15.0. The largest absolute Gasteiger partial charge is 0.491 e. The van der Waals surface area contributed by atoms with Crippen LogP contribution >= 0.6 is 0 Å². The van der Waals surface area contributed by atoms with Crippen molar-refractivity contribution in [2.24, 2.45) is 23.7 Å². The van der Waals surface area contributed by atoms with Crippen LogP contribution in [0.2, 0.25) is 0 Å². The van der Waals surface area contributed by atoms with Crippen LogP contribution in [0.4, 0.5) is 8.78 Å². The number of allylic oxidation sites excluding steroid dienone is 2. The molecule has 2 unspecified atom stereocenters. The van der Waals surface area contributed by atoms with Crippen LogP contribution < -0.4 is 4.74 Å². The van der Waals surface area contributed by atoms with Gasteiger partial charge >= 0.3 is 0 Å². The topological polar surface area (TPSA) is 18.5 Å². The molecule has 2 aliphatic carbocycles. The SMILES string of the molecule is C/C=C/C1CCC(C2CCC(C3CCC(c4ccc(-c5ccc(OCC)c(F)c5F)cc4)CC3)CO2)CC1. The van der Waals surface area contributed by atoms with E-state index in [-0.39, 0.29) is 11.3 Å². The van der Waals surface area contributed by atoms with Gasteiger partial charge in [0, 0.05) is 5.56 Å². The molecular weight excluding hydrogens is 478 g/mol. The Morgan fingerprint density at radius 3 is 2.11 bits per heavy atom. The van der Waals surface area contributed by atoms with E-state index in [9.17, 15) is 8.78 Å². The molecule has 2 aromatic rings. The lowest BCUT2D eigenvalue weighted by atomic mass is 9.71. The molecule has 1 heterocycles. The summed E-state index contributed by atoms with van der Waals surface area (Å²) in [5.74, 6) is 1.80. The zero-order chi connectivity index (χ0) is 26.5. The molecule has 1 saturated heterocycles. The summed E-state index contributed by atoms with van der Waals surface area (Å²) in [6, 6.07) is 11.2. The minimum atomic E-state index is -0.915. The summed E-state index contributed by atoms with van der Waals surface area (Å²) in [5.41, 5.74) is 2.29. The van der Waals surface area contributed by atoms with E-state index in [0.717, 1.165) is 24.4 Å². The van der Waals surface area contributed by atoms with E-state index >= 15 is 0 Å². The molecule has 0 bridgehead atoms. The first-order chi connectivity index (χ1) is 18.6. The van der Waals surface area contributed by atoms with Gasteiger partial charge in [0.2, 0.25) is 5.82 Å². The third-order valence-electron chi connectivity index (χ3n) is 9.63. The van der Waals surface area contributed by atoms with Crippen molar-refractivity contribution < 1.29 is 18.3 Å². The number of hydrogen-bond donors (Lipinski definition) is 0. The first kappa shape index (κ1) is 27.4. The van der Waals surface area contributed by atoms with Crippen molar-refractivity contribution in [1.82, 2.24) is 0 Å². The molecule has 38 heavy (non-hydrogen) atoms. The van der Waals surface area contributed by atoms with Gasteiger partial charge in [0.25, 0.3) is 0 Å². The lowest BCUT2D eigenvalue weighted by Crippen LogP contribution is -2.37. The summed E-state index contributed by atoms with van der Waals surface area (Å²) < 4.78 is 40.7. The van der Waals surface area contributed by atoms with Crippen LogP contribution in [0.15, 0.2) is 48.6 Å². The molecule has 2 aromatic carbocycles. The zero-order valence-corrected chi connectivity index (χ0v) is 23.1. The highest BCUT2D eigenvalue weighted by Crippen LogP contribution is 2.43. The van der Waals surface area contributed by atoms with Gasteiger partial charge in [0.15, 0.2) is 11.6 Å². The van der Waals surface area contributed by atoms with E-state index in [4.69, 9.17) is 9.47 Å². The van der Waals surface area contributed by atoms with Crippen LogP contribution in [0.3, 0.4) is 0 Å². The van der Waals surface area contributed by atoms with Gasteiger partial charge in [0.1, 0.15) is 0 Å². The summed E-state index contributed by atoms with van der Waals surface area (Å²) in [4.78, 5) is 0. The summed E-state index contributed by atoms with van der Waals surface area (Å²) in [6.07, 6.45) is 17.9. The fourth-order valence-electron chi connectivity index (χ4n) is 7.40. The third kappa shape index (κ3) is 6.17. The fourth-order valence-corrected chi connectivity index (χ4v) is 7.40. The van der Waals surface area contributed by atoms with Gasteiger partial charge in [-0.2, -0.15) is 4.39 Å². The van der Waals surface area contributed by atoms with Crippen molar-refractivity contribution in [2.75, 3.05) is 13.2 Å². The van der Waals surface area contributed by atoms with E-state index in [0.29, 0.717) is 30.1 Å². The van der Waals surface area contributed by atoms with E-state index in [1.54, 1.807) is 13.0 Å². The minimum Gasteiger partial charge on any atom is -0.491 e. The smallest absolute Gasteiger partial charge is 0.201 e. The number of benzene rings is 2. The third-order valence-corrected chi connectivity index (χ3v) is 9.63. The Bertz CT molecular complexity index is 1050. The Morgan fingerprint density at radius 2 is 1.47 bits per heavy atom. The van der Waals surface area contributed by atoms with Gasteiger partial charge in [-0.05, 0) is 131 Å². The molecule has 0 N–H and O–H groups in total. The number of rotatable bonds is 7. The highest BCUT2D eigenvalue weighted by Gasteiger charge is 2.35. The Hall–Kier alpha value is -2.20. The van der Waals surface area contributed by atoms with Crippen LogP contribution in [-0.2, 0) is 4.74 Å². The molecule has 2 saturated carbocycles. The summed E-state index contributed by atoms with van der Waals surface area (Å²) in [7, 11) is 0. The average molecular weight is 523 g/mol. The van der Waals surface area contributed by atoms with Crippen LogP contribution in [0, 0.1) is 35.3 Å². The maximum absolute atomic E-state index is 14.7. The Balaban J connectivity index is 1.10. The van der Waals surface area contributed by atoms with Crippen molar-refractivity contribution in [2.45, 2.75) is 90.1 Å². The number of halogens is 2. The molecule has 3 aliphatic rings. The summed E-state index contributed by atoms with van der Waals surface area (Å²) in [6.45, 7) is 5.15. The maximum atomic E-state index is 14.7. The molecule has 1 aliphatic heterocycles. The van der Waals surface area contributed by atoms with E-state index in [1.807, 2.05) is 12.1 Å². The molecule has 0 aromatic heterocycles. The maximum Gasteiger partial charge on any atom is 0.201 e. The van der Waals surface area contributed by atoms with Gasteiger partial charge in [0.05, 0.1) is 19.3 Å². The lowest BCUT2D eigenvalue weighted by molar-refractivity contribution is -0.0721. The number of hydrogen-bond acceptors (Lipinski definition) is 2. The van der Waals surface area contributed by atoms with Crippen LogP contribution in [0.1, 0.15) is 89.5 Å². The summed E-state index contributed by atoms with van der Waals surface area (Å²) in [5, 5.41) is 0. The quantitative estimate of drug-likeness (QED) is 0.337. The van der Waals surface area contributed by atoms with Crippen molar-refractivity contribution >= 4 is 0 Å². The van der Waals surface area contributed by atoms with Crippen LogP contribution in [0.25, 0.3) is 11.1 Å². The average Bonchev–Trinajstić information content (AvgIpc) is 2.97. The van der Waals surface area contributed by atoms with E-state index < -0.39 is 11.6 Å². The first-order valence-corrected chi connectivity index (χ1v) is 15.0. The second-order valence-corrected chi connectivity index (χ2v) is 11.8. The summed E-state index contributed by atoms with van der Waals surface area (Å²) >= 11 is 0. The Labute approximate surface area is 227 Å². The normalized spacial score (nSPS) is 30.4. The van der Waals surface area contributed by atoms with Gasteiger partial charge in [-0.25, -0.2) is 4.39 Å². The number of ether oxygens (including phenoxy) is 2. The van der Waals surface area contributed by atoms with Crippen molar-refractivity contribution in [3.05, 3.63) is 65.7 Å². The Morgan fingerprint density at radius 1 is 0.789 bits per heavy atom. The zero-order valence-electron chi connectivity index (χ0n) is 23.1. The van der Waals surface area contributed by atoms with E-state index in [1.165, 1.54) is 75.8 Å². The molecule has 5 rings (SSSR count). The molecule has 2 nitrogen and oxygen atoms in total. The van der Waals surface area contributed by atoms with Gasteiger partial charge < -0.3 is 9.47 Å². The second kappa shape index (κ2) is 12.8. The predicted octanol–water partition coefficient (Wildman–Crippen LogP) is 9.48. The molecule has 2 atom stereocenters. The predicted molar refractivity (Wildman–Crippen MR) is 150 cm³/mol. The molecule has 3 fully saturated rings. The van der Waals surface area contributed by atoms with E-state index in [2.05, 4.69) is 31.2 Å². The standard InChI is InChI=1S/C34H44F2O2/c1-3-5-23-6-8-28(9-7-23)31-20-18-29(22-38-31)26-12-10-24(11-13-26)25-14-16-27(17-15-25)30-19-21-32(37-4-2)34(36)33(30)35/h3,5,14-17,19,21,23-24,26,28-29,31H,4,6-13,18,20,22H2,1-2H3/b5-3+. The minimum absolute atomic E-state index is 0.0341. The molecule has 4 heteroatoms. The van der Waals surface area contributed by atoms with Crippen molar-refractivity contribution in [3.63, 3.8) is 0 Å². The lowest BCUT2D eigenvalue weighted by Gasteiger charge is -2.41. The van der Waals surface area contributed by atoms with Crippen molar-refractivity contribution in [1.29, 1.82) is 0 Å². The molecule has 0 radical (unpaired) electrons. The molecule has 0 amide bonds. The Kier molecular flexibility index (Phi) is 9.20. The van der Waals surface area contributed by atoms with Gasteiger partial charge in [-0.1, -0.05) is 36.4 Å². The van der Waals surface area contributed by atoms with Gasteiger partial charge in [-0.3, -0.25) is 0 Å². The van der Waals surface area contributed by atoms with Crippen molar-refractivity contribution in [3.8, 4) is 16.9 Å². The molecule has 0 spiro atoms. The highest BCUT2D eigenvalue weighted by atomic mass is 19.2. The monoisotopic (exact) mass is 522 g/mol. The molecule has 206 valence electrons. The second-order valence-electron chi connectivity index (χ2n) is 11.8. The fraction of sp³-hybridized carbons (Fsp3) is 0.588. The van der Waals surface area contributed by atoms with Gasteiger partial charge in [-0.15, -0.1) is 0 Å². The highest BCUT2D eigenvalue weighted by molar-refractivity contribution is 5.65.